The Morgan fingerprint density at radius 1 is 1.04 bits per heavy atom. The maximum Gasteiger partial charge on any atom is 0.334 e. The summed E-state index contributed by atoms with van der Waals surface area (Å²) in [6, 6.07) is 0. The van der Waals surface area contributed by atoms with Gasteiger partial charge in [-0.05, 0) is 24.0 Å². The lowest BCUT2D eigenvalue weighted by Crippen LogP contribution is -2.42. The molecule has 0 aromatic carbocycles. The van der Waals surface area contributed by atoms with Gasteiger partial charge in [0.05, 0.1) is 17.8 Å². The van der Waals surface area contributed by atoms with Gasteiger partial charge in [0.25, 0.3) is 0 Å². The summed E-state index contributed by atoms with van der Waals surface area (Å²) in [5.41, 5.74) is -0.209. The maximum absolute atomic E-state index is 11.6. The number of aliphatic carboxylic acids is 2. The number of carboxylic acids is 2. The molecule has 0 saturated heterocycles. The van der Waals surface area contributed by atoms with Crippen LogP contribution in [0.1, 0.15) is 12.8 Å². The third kappa shape index (κ3) is 3.10. The molecular weight excluding hydrogens is 296 g/mol. The van der Waals surface area contributed by atoms with Crippen molar-refractivity contribution in [3.63, 3.8) is 0 Å². The van der Waals surface area contributed by atoms with Crippen LogP contribution < -0.4 is 0 Å². The minimum atomic E-state index is -1.36. The Hall–Kier alpha value is -2.66. The van der Waals surface area contributed by atoms with E-state index in [9.17, 15) is 14.7 Å². The Morgan fingerprint density at radius 2 is 1.57 bits per heavy atom. The normalized spacial score (nSPS) is 16.2. The molecule has 5 nitrogen and oxygen atoms in total. The van der Waals surface area contributed by atoms with Gasteiger partial charge in [-0.2, -0.15) is 0 Å². The highest BCUT2D eigenvalue weighted by atomic mass is 16.5. The van der Waals surface area contributed by atoms with Crippen LogP contribution in [-0.2, 0) is 14.3 Å². The highest BCUT2D eigenvalue weighted by Crippen LogP contribution is 2.43. The molecule has 0 aliphatic heterocycles. The summed E-state index contributed by atoms with van der Waals surface area (Å²) in [6.45, 7) is 6.85. The van der Waals surface area contributed by atoms with E-state index in [1.165, 1.54) is 0 Å². The Balaban J connectivity index is 2.45. The molecule has 0 atom stereocenters. The molecule has 2 aliphatic carbocycles. The van der Waals surface area contributed by atoms with E-state index in [1.807, 2.05) is 24.3 Å². The Morgan fingerprint density at radius 3 is 1.91 bits per heavy atom. The van der Waals surface area contributed by atoms with Crippen LogP contribution >= 0.6 is 0 Å². The van der Waals surface area contributed by atoms with Crippen molar-refractivity contribution in [2.24, 2.45) is 0 Å². The third-order valence-corrected chi connectivity index (χ3v) is 3.90. The molecule has 0 amide bonds. The number of ether oxygens (including phenoxy) is 1. The summed E-state index contributed by atoms with van der Waals surface area (Å²) in [5.74, 6) is -2.37. The van der Waals surface area contributed by atoms with Gasteiger partial charge < -0.3 is 14.9 Å². The van der Waals surface area contributed by atoms with E-state index in [4.69, 9.17) is 9.84 Å². The predicted octanol–water partition coefficient (Wildman–Crippen LogP) is 2.80. The average Bonchev–Trinajstić information content (AvgIpc) is 3.21. The van der Waals surface area contributed by atoms with Crippen molar-refractivity contribution in [2.75, 3.05) is 6.61 Å². The molecule has 2 N–H and O–H groups in total. The molecule has 0 radical (unpaired) electrons. The molecule has 2 aliphatic rings. The van der Waals surface area contributed by atoms with Crippen LogP contribution in [0.5, 0.6) is 0 Å². The average molecular weight is 314 g/mol. The quantitative estimate of drug-likeness (QED) is 0.673. The minimum Gasteiger partial charge on any atom is -0.478 e. The monoisotopic (exact) mass is 314 g/mol. The third-order valence-electron chi connectivity index (χ3n) is 3.90. The SMILES string of the molecule is C=C(COC(C(=C)C(=O)O)(C1=CC=CC1)C1=CC=CC1)C(=O)O. The highest BCUT2D eigenvalue weighted by molar-refractivity contribution is 5.91. The van der Waals surface area contributed by atoms with E-state index in [0.29, 0.717) is 12.8 Å². The standard InChI is InChI=1S/C18H18O5/c1-12(16(19)20)11-23-18(13(2)17(21)22,14-7-3-4-8-14)15-9-5-6-10-15/h3-7,9H,1-2,8,10-11H2,(H,19,20)(H,21,22). The fourth-order valence-corrected chi connectivity index (χ4v) is 2.69. The molecule has 2 rings (SSSR count). The van der Waals surface area contributed by atoms with Crippen molar-refractivity contribution in [1.29, 1.82) is 0 Å². The van der Waals surface area contributed by atoms with Gasteiger partial charge in [0, 0.05) is 0 Å². The minimum absolute atomic E-state index is 0.138. The molecule has 0 heterocycles. The molecule has 5 heteroatoms. The zero-order chi connectivity index (χ0) is 17.0. The van der Waals surface area contributed by atoms with Crippen LogP contribution in [0, 0.1) is 0 Å². The Labute approximate surface area is 134 Å². The van der Waals surface area contributed by atoms with E-state index in [-0.39, 0.29) is 17.8 Å². The van der Waals surface area contributed by atoms with Crippen molar-refractivity contribution in [1.82, 2.24) is 0 Å². The number of rotatable bonds is 8. The van der Waals surface area contributed by atoms with Gasteiger partial charge >= 0.3 is 11.9 Å². The fourth-order valence-electron chi connectivity index (χ4n) is 2.69. The second-order valence-electron chi connectivity index (χ2n) is 5.31. The van der Waals surface area contributed by atoms with E-state index in [1.54, 1.807) is 12.2 Å². The summed E-state index contributed by atoms with van der Waals surface area (Å²) < 4.78 is 5.87. The van der Waals surface area contributed by atoms with Gasteiger partial charge in [0.2, 0.25) is 0 Å². The van der Waals surface area contributed by atoms with Crippen LogP contribution in [0.25, 0.3) is 0 Å². The van der Waals surface area contributed by atoms with Crippen molar-refractivity contribution in [3.05, 3.63) is 71.9 Å². The summed E-state index contributed by atoms with van der Waals surface area (Å²) in [4.78, 5) is 22.6. The fraction of sp³-hybridized carbons (Fsp3) is 0.222. The van der Waals surface area contributed by atoms with Crippen LogP contribution in [0.4, 0.5) is 0 Å². The lowest BCUT2D eigenvalue weighted by Gasteiger charge is -2.37. The topological polar surface area (TPSA) is 83.8 Å². The summed E-state index contributed by atoms with van der Waals surface area (Å²) in [6.07, 6.45) is 12.0. The van der Waals surface area contributed by atoms with E-state index in [0.717, 1.165) is 11.1 Å². The lowest BCUT2D eigenvalue weighted by molar-refractivity contribution is -0.135. The van der Waals surface area contributed by atoms with Gasteiger partial charge in [0.15, 0.2) is 0 Å². The predicted molar refractivity (Wildman–Crippen MR) is 85.9 cm³/mol. The van der Waals surface area contributed by atoms with Gasteiger partial charge in [-0.3, -0.25) is 0 Å². The molecule has 0 spiro atoms. The lowest BCUT2D eigenvalue weighted by atomic mass is 9.78. The zero-order valence-corrected chi connectivity index (χ0v) is 12.6. The van der Waals surface area contributed by atoms with Gasteiger partial charge in [0.1, 0.15) is 5.60 Å². The molecule has 0 saturated carbocycles. The van der Waals surface area contributed by atoms with Crippen LogP contribution in [0.3, 0.4) is 0 Å². The summed E-state index contributed by atoms with van der Waals surface area (Å²) >= 11 is 0. The Kier molecular flexibility index (Phi) is 4.81. The first-order valence-electron chi connectivity index (χ1n) is 7.09. The number of carbonyl (C=O) groups is 2. The van der Waals surface area contributed by atoms with Crippen LogP contribution in [0.15, 0.2) is 71.9 Å². The van der Waals surface area contributed by atoms with Crippen LogP contribution in [0.2, 0.25) is 0 Å². The molecule has 120 valence electrons. The molecule has 0 aromatic heterocycles. The Bertz CT molecular complexity index is 653. The first kappa shape index (κ1) is 16.7. The molecular formula is C18H18O5. The second kappa shape index (κ2) is 6.62. The van der Waals surface area contributed by atoms with Gasteiger partial charge in [-0.1, -0.05) is 49.6 Å². The largest absolute Gasteiger partial charge is 0.478 e. The van der Waals surface area contributed by atoms with E-state index in [2.05, 4.69) is 13.2 Å². The number of allylic oxidation sites excluding steroid dienone is 6. The number of carboxylic acid groups (broad SMARTS) is 2. The molecule has 0 fully saturated rings. The van der Waals surface area contributed by atoms with Crippen molar-refractivity contribution < 1.29 is 24.5 Å². The van der Waals surface area contributed by atoms with Crippen molar-refractivity contribution >= 4 is 11.9 Å². The zero-order valence-electron chi connectivity index (χ0n) is 12.6. The first-order chi connectivity index (χ1) is 10.9. The molecule has 0 unspecified atom stereocenters. The molecule has 23 heavy (non-hydrogen) atoms. The first-order valence-corrected chi connectivity index (χ1v) is 7.09. The van der Waals surface area contributed by atoms with Gasteiger partial charge in [-0.15, -0.1) is 0 Å². The number of hydrogen-bond donors (Lipinski definition) is 2. The smallest absolute Gasteiger partial charge is 0.334 e. The second-order valence-corrected chi connectivity index (χ2v) is 5.31. The molecule has 0 aromatic rings. The summed E-state index contributed by atoms with van der Waals surface area (Å²) in [5, 5.41) is 18.5. The van der Waals surface area contributed by atoms with Crippen molar-refractivity contribution in [2.45, 2.75) is 18.4 Å². The summed E-state index contributed by atoms with van der Waals surface area (Å²) in [7, 11) is 0. The van der Waals surface area contributed by atoms with Crippen molar-refractivity contribution in [3.8, 4) is 0 Å². The van der Waals surface area contributed by atoms with Crippen LogP contribution in [-0.4, -0.2) is 34.4 Å². The maximum atomic E-state index is 11.6. The highest BCUT2D eigenvalue weighted by Gasteiger charge is 2.45. The van der Waals surface area contributed by atoms with Gasteiger partial charge in [-0.25, -0.2) is 9.59 Å². The van der Waals surface area contributed by atoms with E-state index >= 15 is 0 Å². The number of hydrogen-bond acceptors (Lipinski definition) is 3. The van der Waals surface area contributed by atoms with E-state index < -0.39 is 17.5 Å². The molecule has 0 bridgehead atoms.